The number of aromatic amines is 1. The van der Waals surface area contributed by atoms with Crippen LogP contribution < -0.4 is 16.6 Å². The predicted octanol–water partition coefficient (Wildman–Crippen LogP) is 1.09. The van der Waals surface area contributed by atoms with Crippen molar-refractivity contribution >= 4 is 16.7 Å². The second-order valence-corrected chi connectivity index (χ2v) is 2.81. The minimum absolute atomic E-state index is 0.723. The number of fused-ring (bicyclic) bond motifs is 1. The highest BCUT2D eigenvalue weighted by Crippen LogP contribution is 2.14. The molecule has 5 N–H and O–H groups in total. The van der Waals surface area contributed by atoms with E-state index in [2.05, 4.69) is 15.8 Å². The number of H-pyrrole nitrogens is 1. The largest absolute Gasteiger partial charge is 0.385 e. The topological polar surface area (TPSA) is 65.9 Å². The maximum atomic E-state index is 5.54. The number of nitrogen functional groups attached to an aromatic ring is 1. The molecule has 14 heavy (non-hydrogen) atoms. The summed E-state index contributed by atoms with van der Waals surface area (Å²) in [5.41, 5.74) is 12.0. The highest BCUT2D eigenvalue weighted by molar-refractivity contribution is 5.82. The summed E-state index contributed by atoms with van der Waals surface area (Å²) in [4.78, 5) is 3.04. The molecule has 0 atom stereocenters. The second kappa shape index (κ2) is 5.26. The van der Waals surface area contributed by atoms with Crippen LogP contribution in [0.2, 0.25) is 0 Å². The van der Waals surface area contributed by atoms with Crippen molar-refractivity contribution in [2.75, 3.05) is 19.8 Å². The third-order valence-corrected chi connectivity index (χ3v) is 1.80. The molecule has 4 heteroatoms. The van der Waals surface area contributed by atoms with Gasteiger partial charge in [-0.05, 0) is 26.2 Å². The van der Waals surface area contributed by atoms with E-state index in [1.54, 1.807) is 0 Å². The smallest absolute Gasteiger partial charge is 0.101 e. The number of anilines is 1. The van der Waals surface area contributed by atoms with E-state index in [1.807, 2.05) is 44.4 Å². The van der Waals surface area contributed by atoms with Crippen molar-refractivity contribution in [3.63, 3.8) is 0 Å². The summed E-state index contributed by atoms with van der Waals surface area (Å²) < 4.78 is 0. The number of hydrazine groups is 1. The number of aromatic nitrogens is 1. The Labute approximate surface area is 83.5 Å². The predicted molar refractivity (Wildman–Crippen MR) is 60.8 cm³/mol. The van der Waals surface area contributed by atoms with Crippen LogP contribution in [0, 0.1) is 0 Å². The molecule has 0 radical (unpaired) electrons. The molecule has 0 aliphatic carbocycles. The highest BCUT2D eigenvalue weighted by Gasteiger charge is 1.92. The third-order valence-electron chi connectivity index (χ3n) is 1.80. The van der Waals surface area contributed by atoms with Gasteiger partial charge in [0.15, 0.2) is 0 Å². The fourth-order valence-electron chi connectivity index (χ4n) is 1.10. The Hall–Kier alpha value is -1.52. The average molecular weight is 192 g/mol. The van der Waals surface area contributed by atoms with Crippen LogP contribution >= 0.6 is 0 Å². The number of hydrogen-bond acceptors (Lipinski definition) is 3. The Morgan fingerprint density at radius 1 is 1.14 bits per heavy atom. The SMILES string of the molecule is CNNC.Nc1cc2ccccc2[nH]1. The van der Waals surface area contributed by atoms with Crippen LogP contribution in [0.4, 0.5) is 5.82 Å². The highest BCUT2D eigenvalue weighted by atomic mass is 15.3. The lowest BCUT2D eigenvalue weighted by Gasteiger charge is -1.83. The number of para-hydroxylation sites is 1. The number of nitrogens with two attached hydrogens (primary N) is 1. The lowest BCUT2D eigenvalue weighted by molar-refractivity contribution is 0.689. The number of hydrogen-bond donors (Lipinski definition) is 4. The van der Waals surface area contributed by atoms with Gasteiger partial charge in [-0.2, -0.15) is 0 Å². The van der Waals surface area contributed by atoms with Crippen LogP contribution in [0.1, 0.15) is 0 Å². The summed E-state index contributed by atoms with van der Waals surface area (Å²) in [6.45, 7) is 0. The van der Waals surface area contributed by atoms with E-state index < -0.39 is 0 Å². The van der Waals surface area contributed by atoms with E-state index in [1.165, 1.54) is 5.39 Å². The summed E-state index contributed by atoms with van der Waals surface area (Å²) in [6.07, 6.45) is 0. The minimum atomic E-state index is 0.723. The molecule has 0 bridgehead atoms. The molecule has 76 valence electrons. The first-order chi connectivity index (χ1) is 6.77. The Morgan fingerprint density at radius 2 is 1.79 bits per heavy atom. The van der Waals surface area contributed by atoms with Crippen molar-refractivity contribution in [1.82, 2.24) is 15.8 Å². The molecule has 0 saturated carbocycles. The van der Waals surface area contributed by atoms with Crippen LogP contribution in [-0.4, -0.2) is 19.1 Å². The molecule has 4 nitrogen and oxygen atoms in total. The zero-order chi connectivity index (χ0) is 10.4. The molecule has 2 aromatic rings. The molecular formula is C10H16N4. The van der Waals surface area contributed by atoms with Crippen LogP contribution in [0.25, 0.3) is 10.9 Å². The molecule has 1 aromatic heterocycles. The lowest BCUT2D eigenvalue weighted by Crippen LogP contribution is -2.21. The van der Waals surface area contributed by atoms with Crippen LogP contribution in [0.15, 0.2) is 30.3 Å². The van der Waals surface area contributed by atoms with E-state index in [9.17, 15) is 0 Å². The maximum absolute atomic E-state index is 5.54. The molecule has 0 aliphatic rings. The summed E-state index contributed by atoms with van der Waals surface area (Å²) in [5.74, 6) is 0.723. The van der Waals surface area contributed by atoms with Crippen molar-refractivity contribution < 1.29 is 0 Å². The van der Waals surface area contributed by atoms with Gasteiger partial charge < -0.3 is 10.7 Å². The molecule has 0 amide bonds. The minimum Gasteiger partial charge on any atom is -0.385 e. The molecule has 1 heterocycles. The second-order valence-electron chi connectivity index (χ2n) is 2.81. The monoisotopic (exact) mass is 192 g/mol. The van der Waals surface area contributed by atoms with E-state index in [4.69, 9.17) is 5.73 Å². The summed E-state index contributed by atoms with van der Waals surface area (Å²) in [6, 6.07) is 9.94. The van der Waals surface area contributed by atoms with Crippen molar-refractivity contribution in [1.29, 1.82) is 0 Å². The van der Waals surface area contributed by atoms with E-state index >= 15 is 0 Å². The Balaban J connectivity index is 0.000000213. The van der Waals surface area contributed by atoms with Gasteiger partial charge >= 0.3 is 0 Å². The van der Waals surface area contributed by atoms with Gasteiger partial charge in [-0.15, -0.1) is 0 Å². The van der Waals surface area contributed by atoms with Gasteiger partial charge in [0.1, 0.15) is 5.82 Å². The fraction of sp³-hybridized carbons (Fsp3) is 0.200. The molecule has 2 rings (SSSR count). The summed E-state index contributed by atoms with van der Waals surface area (Å²) in [7, 11) is 3.64. The number of benzene rings is 1. The molecule has 0 fully saturated rings. The van der Waals surface area contributed by atoms with Gasteiger partial charge in [-0.1, -0.05) is 18.2 Å². The number of rotatable bonds is 1. The number of nitrogens with one attached hydrogen (secondary N) is 3. The van der Waals surface area contributed by atoms with Crippen LogP contribution in [0.5, 0.6) is 0 Å². The van der Waals surface area contributed by atoms with Crippen molar-refractivity contribution in [2.45, 2.75) is 0 Å². The van der Waals surface area contributed by atoms with E-state index in [0.717, 1.165) is 11.3 Å². The fourth-order valence-corrected chi connectivity index (χ4v) is 1.10. The zero-order valence-corrected chi connectivity index (χ0v) is 8.46. The van der Waals surface area contributed by atoms with Crippen molar-refractivity contribution in [3.05, 3.63) is 30.3 Å². The van der Waals surface area contributed by atoms with Gasteiger partial charge in [-0.3, -0.25) is 10.9 Å². The Morgan fingerprint density at radius 3 is 2.36 bits per heavy atom. The first kappa shape index (κ1) is 10.6. The van der Waals surface area contributed by atoms with Gasteiger partial charge in [0.2, 0.25) is 0 Å². The maximum Gasteiger partial charge on any atom is 0.101 e. The summed E-state index contributed by atoms with van der Waals surface area (Å²) >= 11 is 0. The molecule has 0 aliphatic heterocycles. The standard InChI is InChI=1S/C8H8N2.C2H8N2/c9-8-5-6-3-1-2-4-7(6)10-8;1-3-4-2/h1-5,10H,9H2;3-4H,1-2H3. The zero-order valence-electron chi connectivity index (χ0n) is 8.46. The normalized spacial score (nSPS) is 9.57. The molecular weight excluding hydrogens is 176 g/mol. The van der Waals surface area contributed by atoms with Gasteiger partial charge in [-0.25, -0.2) is 0 Å². The first-order valence-electron chi connectivity index (χ1n) is 4.44. The lowest BCUT2D eigenvalue weighted by atomic mass is 10.3. The molecule has 0 unspecified atom stereocenters. The summed E-state index contributed by atoms with van der Waals surface area (Å²) in [5, 5.41) is 1.17. The van der Waals surface area contributed by atoms with E-state index in [-0.39, 0.29) is 0 Å². The molecule has 0 spiro atoms. The third kappa shape index (κ3) is 2.76. The van der Waals surface area contributed by atoms with E-state index in [0.29, 0.717) is 0 Å². The van der Waals surface area contributed by atoms with Gasteiger partial charge in [0.25, 0.3) is 0 Å². The average Bonchev–Trinajstić information content (AvgIpc) is 2.58. The van der Waals surface area contributed by atoms with Gasteiger partial charge in [0.05, 0.1) is 0 Å². The molecule has 0 saturated heterocycles. The van der Waals surface area contributed by atoms with Crippen LogP contribution in [0.3, 0.4) is 0 Å². The first-order valence-corrected chi connectivity index (χ1v) is 4.44. The molecule has 1 aromatic carbocycles. The Kier molecular flexibility index (Phi) is 3.97. The van der Waals surface area contributed by atoms with Gasteiger partial charge in [0, 0.05) is 10.9 Å². The quantitative estimate of drug-likeness (QED) is 0.511. The van der Waals surface area contributed by atoms with Crippen molar-refractivity contribution in [2.24, 2.45) is 0 Å². The van der Waals surface area contributed by atoms with Crippen LogP contribution in [-0.2, 0) is 0 Å². The van der Waals surface area contributed by atoms with Crippen molar-refractivity contribution in [3.8, 4) is 0 Å². The Bertz CT molecular complexity index is 345.